The Balaban J connectivity index is 2.12. The lowest BCUT2D eigenvalue weighted by atomic mass is 10.1. The quantitative estimate of drug-likeness (QED) is 0.671. The zero-order valence-corrected chi connectivity index (χ0v) is 9.42. The van der Waals surface area contributed by atoms with E-state index in [1.54, 1.807) is 11.8 Å². The summed E-state index contributed by atoms with van der Waals surface area (Å²) < 4.78 is 0. The molecule has 1 heterocycles. The largest absolute Gasteiger partial charge is 0.392 e. The Morgan fingerprint density at radius 2 is 1.81 bits per heavy atom. The molecule has 3 rings (SSSR count). The third-order valence-corrected chi connectivity index (χ3v) is 3.79. The minimum atomic E-state index is 0.0684. The van der Waals surface area contributed by atoms with Gasteiger partial charge in [-0.1, -0.05) is 36.0 Å². The van der Waals surface area contributed by atoms with Crippen molar-refractivity contribution in [3.63, 3.8) is 0 Å². The molecule has 0 saturated carbocycles. The SMILES string of the molecule is OCc1cccc2c1Nc1ccccc1S2. The maximum absolute atomic E-state index is 9.29. The van der Waals surface area contributed by atoms with Gasteiger partial charge in [0.1, 0.15) is 0 Å². The molecule has 1 aliphatic heterocycles. The maximum atomic E-state index is 9.29. The molecule has 1 aliphatic rings. The van der Waals surface area contributed by atoms with Gasteiger partial charge in [-0.2, -0.15) is 0 Å². The summed E-state index contributed by atoms with van der Waals surface area (Å²) in [5.74, 6) is 0. The molecule has 80 valence electrons. The van der Waals surface area contributed by atoms with Crippen molar-refractivity contribution in [2.75, 3.05) is 5.32 Å². The van der Waals surface area contributed by atoms with Crippen LogP contribution in [0.5, 0.6) is 0 Å². The minimum absolute atomic E-state index is 0.0684. The van der Waals surface area contributed by atoms with E-state index < -0.39 is 0 Å². The number of anilines is 2. The highest BCUT2D eigenvalue weighted by atomic mass is 32.2. The third kappa shape index (κ3) is 1.49. The molecular formula is C13H11NOS. The van der Waals surface area contributed by atoms with E-state index >= 15 is 0 Å². The standard InChI is InChI=1S/C13H11NOS/c15-8-9-4-3-7-12-13(9)14-10-5-1-2-6-11(10)16-12/h1-7,14-15H,8H2. The molecule has 0 bridgehead atoms. The number of aliphatic hydroxyl groups excluding tert-OH is 1. The Morgan fingerprint density at radius 3 is 2.69 bits per heavy atom. The summed E-state index contributed by atoms with van der Waals surface area (Å²) in [7, 11) is 0. The second-order valence-corrected chi connectivity index (χ2v) is 4.76. The normalized spacial score (nSPS) is 12.6. The molecule has 2 aromatic rings. The van der Waals surface area contributed by atoms with Crippen LogP contribution in [0.2, 0.25) is 0 Å². The van der Waals surface area contributed by atoms with Crippen LogP contribution in [0.1, 0.15) is 5.56 Å². The fraction of sp³-hybridized carbons (Fsp3) is 0.0769. The first-order valence-electron chi connectivity index (χ1n) is 5.15. The molecule has 0 fully saturated rings. The summed E-state index contributed by atoms with van der Waals surface area (Å²) in [6, 6.07) is 14.2. The highest BCUT2D eigenvalue weighted by Crippen LogP contribution is 2.45. The topological polar surface area (TPSA) is 32.3 Å². The van der Waals surface area contributed by atoms with E-state index in [9.17, 15) is 5.11 Å². The summed E-state index contributed by atoms with van der Waals surface area (Å²) in [5, 5.41) is 12.7. The molecule has 0 aromatic heterocycles. The lowest BCUT2D eigenvalue weighted by Gasteiger charge is -2.22. The number of rotatable bonds is 1. The Labute approximate surface area is 98.3 Å². The van der Waals surface area contributed by atoms with Crippen LogP contribution in [-0.2, 0) is 6.61 Å². The molecule has 0 radical (unpaired) electrons. The predicted molar refractivity (Wildman–Crippen MR) is 66.2 cm³/mol. The van der Waals surface area contributed by atoms with Crippen molar-refractivity contribution >= 4 is 23.1 Å². The average Bonchev–Trinajstić information content (AvgIpc) is 2.35. The number of para-hydroxylation sites is 2. The van der Waals surface area contributed by atoms with Crippen LogP contribution in [-0.4, -0.2) is 5.11 Å². The summed E-state index contributed by atoms with van der Waals surface area (Å²) in [4.78, 5) is 2.40. The van der Waals surface area contributed by atoms with Crippen molar-refractivity contribution in [3.05, 3.63) is 48.0 Å². The molecule has 2 nitrogen and oxygen atoms in total. The lowest BCUT2D eigenvalue weighted by molar-refractivity contribution is 0.282. The van der Waals surface area contributed by atoms with Crippen LogP contribution in [0.3, 0.4) is 0 Å². The fourth-order valence-corrected chi connectivity index (χ4v) is 2.89. The van der Waals surface area contributed by atoms with E-state index in [-0.39, 0.29) is 6.61 Å². The van der Waals surface area contributed by atoms with E-state index in [4.69, 9.17) is 0 Å². The van der Waals surface area contributed by atoms with E-state index in [1.807, 2.05) is 24.3 Å². The van der Waals surface area contributed by atoms with Crippen molar-refractivity contribution in [2.24, 2.45) is 0 Å². The van der Waals surface area contributed by atoms with Crippen molar-refractivity contribution in [3.8, 4) is 0 Å². The van der Waals surface area contributed by atoms with Crippen LogP contribution < -0.4 is 5.32 Å². The van der Waals surface area contributed by atoms with Gasteiger partial charge in [-0.25, -0.2) is 0 Å². The lowest BCUT2D eigenvalue weighted by Crippen LogP contribution is -2.03. The summed E-state index contributed by atoms with van der Waals surface area (Å²) in [5.41, 5.74) is 3.09. The second-order valence-electron chi connectivity index (χ2n) is 3.67. The maximum Gasteiger partial charge on any atom is 0.0702 e. The molecule has 0 unspecified atom stereocenters. The van der Waals surface area contributed by atoms with Crippen LogP contribution in [0, 0.1) is 0 Å². The van der Waals surface area contributed by atoms with E-state index in [0.29, 0.717) is 0 Å². The first-order chi connectivity index (χ1) is 7.88. The van der Waals surface area contributed by atoms with Gasteiger partial charge in [0.15, 0.2) is 0 Å². The van der Waals surface area contributed by atoms with Gasteiger partial charge < -0.3 is 10.4 Å². The minimum Gasteiger partial charge on any atom is -0.392 e. The van der Waals surface area contributed by atoms with Gasteiger partial charge in [-0.15, -0.1) is 0 Å². The van der Waals surface area contributed by atoms with Gasteiger partial charge in [0.2, 0.25) is 0 Å². The number of benzene rings is 2. The molecule has 0 saturated heterocycles. The van der Waals surface area contributed by atoms with Crippen LogP contribution in [0.4, 0.5) is 11.4 Å². The van der Waals surface area contributed by atoms with Crippen molar-refractivity contribution < 1.29 is 5.11 Å². The molecule has 3 heteroatoms. The number of hydrogen-bond donors (Lipinski definition) is 2. The number of fused-ring (bicyclic) bond motifs is 2. The zero-order chi connectivity index (χ0) is 11.0. The van der Waals surface area contributed by atoms with Gasteiger partial charge in [0.05, 0.1) is 18.0 Å². The summed E-state index contributed by atoms with van der Waals surface area (Å²) in [6.07, 6.45) is 0. The highest BCUT2D eigenvalue weighted by Gasteiger charge is 2.16. The second kappa shape index (κ2) is 3.85. The zero-order valence-electron chi connectivity index (χ0n) is 8.60. The Morgan fingerprint density at radius 1 is 1.00 bits per heavy atom. The van der Waals surface area contributed by atoms with E-state index in [2.05, 4.69) is 23.5 Å². The monoisotopic (exact) mass is 229 g/mol. The Bertz CT molecular complexity index is 539. The van der Waals surface area contributed by atoms with E-state index in [1.165, 1.54) is 9.79 Å². The summed E-state index contributed by atoms with van der Waals surface area (Å²) >= 11 is 1.74. The first kappa shape index (κ1) is 9.75. The van der Waals surface area contributed by atoms with Gasteiger partial charge in [0, 0.05) is 15.4 Å². The number of hydrogen-bond acceptors (Lipinski definition) is 3. The highest BCUT2D eigenvalue weighted by molar-refractivity contribution is 7.99. The molecule has 0 spiro atoms. The summed E-state index contributed by atoms with van der Waals surface area (Å²) in [6.45, 7) is 0.0684. The molecule has 2 aromatic carbocycles. The molecule has 16 heavy (non-hydrogen) atoms. The Hall–Kier alpha value is -1.45. The number of aliphatic hydroxyl groups is 1. The molecule has 0 aliphatic carbocycles. The van der Waals surface area contributed by atoms with Crippen LogP contribution in [0.15, 0.2) is 52.3 Å². The van der Waals surface area contributed by atoms with Crippen molar-refractivity contribution in [1.29, 1.82) is 0 Å². The Kier molecular flexibility index (Phi) is 2.35. The van der Waals surface area contributed by atoms with Crippen LogP contribution in [0.25, 0.3) is 0 Å². The predicted octanol–water partition coefficient (Wildman–Crippen LogP) is 3.39. The molecule has 2 N–H and O–H groups in total. The van der Waals surface area contributed by atoms with E-state index in [0.717, 1.165) is 16.9 Å². The van der Waals surface area contributed by atoms with Crippen molar-refractivity contribution in [1.82, 2.24) is 0 Å². The molecule has 0 atom stereocenters. The fourth-order valence-electron chi connectivity index (χ4n) is 1.85. The van der Waals surface area contributed by atoms with Crippen molar-refractivity contribution in [2.45, 2.75) is 16.4 Å². The first-order valence-corrected chi connectivity index (χ1v) is 5.97. The van der Waals surface area contributed by atoms with Gasteiger partial charge in [-0.3, -0.25) is 0 Å². The van der Waals surface area contributed by atoms with Crippen LogP contribution >= 0.6 is 11.8 Å². The molecule has 0 amide bonds. The smallest absolute Gasteiger partial charge is 0.0702 e. The average molecular weight is 229 g/mol. The van der Waals surface area contributed by atoms with Gasteiger partial charge in [0.25, 0.3) is 0 Å². The molecular weight excluding hydrogens is 218 g/mol. The van der Waals surface area contributed by atoms with Gasteiger partial charge >= 0.3 is 0 Å². The number of nitrogens with one attached hydrogen (secondary N) is 1. The van der Waals surface area contributed by atoms with Gasteiger partial charge in [-0.05, 0) is 18.2 Å². The third-order valence-electron chi connectivity index (χ3n) is 2.65.